The van der Waals surface area contributed by atoms with Crippen molar-refractivity contribution in [2.24, 2.45) is 0 Å². The number of hydrogen-bond donors (Lipinski definition) is 0. The highest BCUT2D eigenvalue weighted by Gasteiger charge is 2.54. The monoisotopic (exact) mass is 288 g/mol. The molecule has 0 bridgehead atoms. The maximum atomic E-state index is 14.4. The maximum Gasteiger partial charge on any atom is 0.349 e. The van der Waals surface area contributed by atoms with Crippen molar-refractivity contribution in [1.29, 1.82) is 0 Å². The highest BCUT2D eigenvalue weighted by Crippen LogP contribution is 2.43. The summed E-state index contributed by atoms with van der Waals surface area (Å²) in [6, 6.07) is 13.1. The third-order valence-electron chi connectivity index (χ3n) is 3.36. The number of halogens is 2. The molecule has 0 saturated carbocycles. The second-order valence-electron chi connectivity index (χ2n) is 4.69. The van der Waals surface area contributed by atoms with E-state index in [9.17, 15) is 18.4 Å². The second kappa shape index (κ2) is 4.77. The van der Waals surface area contributed by atoms with Crippen molar-refractivity contribution in [3.8, 4) is 0 Å². The van der Waals surface area contributed by atoms with Gasteiger partial charge in [-0.2, -0.15) is 8.78 Å². The number of hydrogen-bond acceptors (Lipinski definition) is 3. The van der Waals surface area contributed by atoms with Crippen molar-refractivity contribution in [3.05, 3.63) is 71.3 Å². The Morgan fingerprint density at radius 3 is 2.33 bits per heavy atom. The average Bonchev–Trinajstić information content (AvgIpc) is 2.86. The Morgan fingerprint density at radius 2 is 1.62 bits per heavy atom. The number of alkyl halides is 2. The van der Waals surface area contributed by atoms with E-state index >= 15 is 0 Å². The zero-order valence-electron chi connectivity index (χ0n) is 10.8. The van der Waals surface area contributed by atoms with Gasteiger partial charge in [-0.25, -0.2) is 4.79 Å². The van der Waals surface area contributed by atoms with Gasteiger partial charge in [0.1, 0.15) is 0 Å². The summed E-state index contributed by atoms with van der Waals surface area (Å²) in [7, 11) is 0. The predicted octanol–water partition coefficient (Wildman–Crippen LogP) is 3.42. The van der Waals surface area contributed by atoms with Gasteiger partial charge in [0, 0.05) is 11.1 Å². The summed E-state index contributed by atoms with van der Waals surface area (Å²) in [4.78, 5) is 23.6. The molecule has 2 aromatic rings. The molecule has 0 radical (unpaired) electrons. The van der Waals surface area contributed by atoms with Crippen LogP contribution in [0.15, 0.2) is 54.6 Å². The number of cyclic esters (lactones) is 1. The van der Waals surface area contributed by atoms with E-state index in [1.165, 1.54) is 42.5 Å². The van der Waals surface area contributed by atoms with Gasteiger partial charge >= 0.3 is 11.9 Å². The number of ether oxygens (including phenoxy) is 1. The number of esters is 1. The Bertz CT molecular complexity index is 710. The van der Waals surface area contributed by atoms with Crippen LogP contribution in [0.4, 0.5) is 8.78 Å². The van der Waals surface area contributed by atoms with E-state index in [-0.39, 0.29) is 16.7 Å². The molecule has 0 aromatic heterocycles. The summed E-state index contributed by atoms with van der Waals surface area (Å²) in [5.74, 6) is -6.02. The fraction of sp³-hybridized carbons (Fsp3) is 0.125. The molecule has 0 spiro atoms. The molecule has 0 N–H and O–H groups in total. The first kappa shape index (κ1) is 13.4. The normalized spacial score (nSPS) is 17.2. The molecule has 3 nitrogen and oxygen atoms in total. The molecule has 0 aliphatic carbocycles. The minimum atomic E-state index is -3.82. The van der Waals surface area contributed by atoms with Gasteiger partial charge in [-0.15, -0.1) is 0 Å². The van der Waals surface area contributed by atoms with Crippen molar-refractivity contribution in [2.45, 2.75) is 12.0 Å². The lowest BCUT2D eigenvalue weighted by molar-refractivity contribution is -0.0820. The fourth-order valence-electron chi connectivity index (χ4n) is 2.32. The lowest BCUT2D eigenvalue weighted by atomic mass is 9.95. The van der Waals surface area contributed by atoms with Crippen molar-refractivity contribution >= 4 is 11.8 Å². The largest absolute Gasteiger partial charge is 0.447 e. The van der Waals surface area contributed by atoms with Gasteiger partial charge in [-0.05, 0) is 6.07 Å². The SMILES string of the molecule is O=C1O[C@@H](C(F)(F)C(=O)c2ccccc2)c2ccccc21. The standard InChI is InChI=1S/C16H10F2O3/c17-16(18,13(19)10-6-2-1-3-7-10)14-11-8-4-5-9-12(11)15(20)21-14/h1-9,14H/t14-/m1/s1. The number of Topliss-reactive ketones (excluding diaryl/α,β-unsaturated/α-hetero) is 1. The summed E-state index contributed by atoms with van der Waals surface area (Å²) in [5.41, 5.74) is -0.0113. The van der Waals surface area contributed by atoms with Crippen LogP contribution in [0, 0.1) is 0 Å². The third kappa shape index (κ3) is 2.11. The van der Waals surface area contributed by atoms with Gasteiger partial charge in [0.2, 0.25) is 5.78 Å². The van der Waals surface area contributed by atoms with E-state index in [0.29, 0.717) is 0 Å². The van der Waals surface area contributed by atoms with Crippen molar-refractivity contribution in [2.75, 3.05) is 0 Å². The first-order chi connectivity index (χ1) is 10.0. The quantitative estimate of drug-likeness (QED) is 0.642. The van der Waals surface area contributed by atoms with E-state index in [2.05, 4.69) is 0 Å². The number of fused-ring (bicyclic) bond motifs is 1. The second-order valence-corrected chi connectivity index (χ2v) is 4.69. The van der Waals surface area contributed by atoms with E-state index < -0.39 is 23.8 Å². The molecule has 5 heteroatoms. The molecule has 3 rings (SSSR count). The molecule has 1 heterocycles. The molecule has 2 aromatic carbocycles. The highest BCUT2D eigenvalue weighted by molar-refractivity contribution is 6.03. The lowest BCUT2D eigenvalue weighted by Crippen LogP contribution is -2.36. The summed E-state index contributed by atoms with van der Waals surface area (Å²) in [5, 5.41) is 0. The number of carbonyl (C=O) groups excluding carboxylic acids is 2. The van der Waals surface area contributed by atoms with Gasteiger partial charge < -0.3 is 4.74 Å². The molecule has 0 unspecified atom stereocenters. The van der Waals surface area contributed by atoms with Crippen LogP contribution in [-0.4, -0.2) is 17.7 Å². The molecule has 0 fully saturated rings. The van der Waals surface area contributed by atoms with Crippen LogP contribution in [0.3, 0.4) is 0 Å². The third-order valence-corrected chi connectivity index (χ3v) is 3.36. The average molecular weight is 288 g/mol. The molecule has 1 aliphatic heterocycles. The maximum absolute atomic E-state index is 14.4. The number of benzene rings is 2. The Morgan fingerprint density at radius 1 is 1.00 bits per heavy atom. The first-order valence-corrected chi connectivity index (χ1v) is 6.29. The van der Waals surface area contributed by atoms with Crippen molar-refractivity contribution in [3.63, 3.8) is 0 Å². The van der Waals surface area contributed by atoms with Crippen LogP contribution in [0.5, 0.6) is 0 Å². The topological polar surface area (TPSA) is 43.4 Å². The van der Waals surface area contributed by atoms with Gasteiger partial charge in [-0.1, -0.05) is 48.5 Å². The predicted molar refractivity (Wildman–Crippen MR) is 70.3 cm³/mol. The Balaban J connectivity index is 2.00. The van der Waals surface area contributed by atoms with E-state index in [1.54, 1.807) is 12.1 Å². The minimum absolute atomic E-state index is 0.0387. The molecule has 106 valence electrons. The van der Waals surface area contributed by atoms with Gasteiger partial charge in [0.05, 0.1) is 5.56 Å². The number of ketones is 1. The van der Waals surface area contributed by atoms with Gasteiger partial charge in [-0.3, -0.25) is 4.79 Å². The van der Waals surface area contributed by atoms with Crippen molar-refractivity contribution < 1.29 is 23.1 Å². The van der Waals surface area contributed by atoms with Crippen LogP contribution < -0.4 is 0 Å². The first-order valence-electron chi connectivity index (χ1n) is 6.29. The summed E-state index contributed by atoms with van der Waals surface area (Å²) in [6.07, 6.45) is -1.88. The molecule has 0 saturated heterocycles. The molecular weight excluding hydrogens is 278 g/mol. The van der Waals surface area contributed by atoms with Crippen LogP contribution in [0.2, 0.25) is 0 Å². The lowest BCUT2D eigenvalue weighted by Gasteiger charge is -2.21. The number of rotatable bonds is 3. The number of carbonyl (C=O) groups is 2. The van der Waals surface area contributed by atoms with E-state index in [1.807, 2.05) is 0 Å². The summed E-state index contributed by atoms with van der Waals surface area (Å²) >= 11 is 0. The van der Waals surface area contributed by atoms with E-state index in [0.717, 1.165) is 0 Å². The van der Waals surface area contributed by atoms with Gasteiger partial charge in [0.25, 0.3) is 0 Å². The molecule has 1 atom stereocenters. The Kier molecular flexibility index (Phi) is 3.05. The summed E-state index contributed by atoms with van der Waals surface area (Å²) in [6.45, 7) is 0. The molecule has 21 heavy (non-hydrogen) atoms. The van der Waals surface area contributed by atoms with Crippen molar-refractivity contribution in [1.82, 2.24) is 0 Å². The Hall–Kier alpha value is -2.56. The van der Waals surface area contributed by atoms with Crippen LogP contribution in [-0.2, 0) is 4.74 Å². The Labute approximate surface area is 119 Å². The smallest absolute Gasteiger partial charge is 0.349 e. The highest BCUT2D eigenvalue weighted by atomic mass is 19.3. The van der Waals surface area contributed by atoms with Gasteiger partial charge in [0.15, 0.2) is 6.10 Å². The minimum Gasteiger partial charge on any atom is -0.447 e. The van der Waals surface area contributed by atoms with Crippen LogP contribution >= 0.6 is 0 Å². The molecular formula is C16H10F2O3. The fourth-order valence-corrected chi connectivity index (χ4v) is 2.32. The van der Waals surface area contributed by atoms with Crippen LogP contribution in [0.1, 0.15) is 32.4 Å². The zero-order chi connectivity index (χ0) is 15.0. The van der Waals surface area contributed by atoms with E-state index in [4.69, 9.17) is 4.74 Å². The zero-order valence-corrected chi connectivity index (χ0v) is 10.8. The van der Waals surface area contributed by atoms with Crippen LogP contribution in [0.25, 0.3) is 0 Å². The molecule has 1 aliphatic rings. The molecule has 0 amide bonds. The summed E-state index contributed by atoms with van der Waals surface area (Å²) < 4.78 is 33.6.